The summed E-state index contributed by atoms with van der Waals surface area (Å²) in [4.78, 5) is 21.9. The van der Waals surface area contributed by atoms with Gasteiger partial charge in [-0.05, 0) is 29.3 Å². The van der Waals surface area contributed by atoms with Crippen LogP contribution in [0.25, 0.3) is 11.1 Å². The van der Waals surface area contributed by atoms with Crippen molar-refractivity contribution in [3.05, 3.63) is 59.7 Å². The molecule has 2 N–H and O–H groups in total. The Morgan fingerprint density at radius 1 is 0.833 bits per heavy atom. The van der Waals surface area contributed by atoms with E-state index < -0.39 is 11.9 Å². The summed E-state index contributed by atoms with van der Waals surface area (Å²) in [6.07, 6.45) is 0. The molecule has 0 amide bonds. The first-order valence-corrected chi connectivity index (χ1v) is 5.16. The van der Waals surface area contributed by atoms with Crippen LogP contribution in [0.4, 0.5) is 0 Å². The zero-order valence-electron chi connectivity index (χ0n) is 9.25. The molecule has 0 spiro atoms. The molecule has 0 atom stereocenters. The van der Waals surface area contributed by atoms with Gasteiger partial charge in [0.05, 0.1) is 11.1 Å². The van der Waals surface area contributed by atoms with Gasteiger partial charge in [-0.2, -0.15) is 0 Å². The fraction of sp³-hybridized carbons (Fsp3) is 0. The van der Waals surface area contributed by atoms with Crippen LogP contribution < -0.4 is 0 Å². The van der Waals surface area contributed by atoms with E-state index in [2.05, 4.69) is 6.07 Å². The minimum Gasteiger partial charge on any atom is -0.478 e. The Labute approximate surface area is 103 Å². The van der Waals surface area contributed by atoms with Crippen molar-refractivity contribution in [1.82, 2.24) is 0 Å². The lowest BCUT2D eigenvalue weighted by atomic mass is 9.99. The molecule has 0 saturated carbocycles. The van der Waals surface area contributed by atoms with Crippen molar-refractivity contribution in [3.8, 4) is 11.1 Å². The van der Waals surface area contributed by atoms with E-state index in [0.717, 1.165) is 5.56 Å². The number of carbonyl (C=O) groups is 2. The molecule has 18 heavy (non-hydrogen) atoms. The van der Waals surface area contributed by atoms with E-state index in [1.165, 1.54) is 12.1 Å². The highest BCUT2D eigenvalue weighted by molar-refractivity contribution is 6.02. The zero-order chi connectivity index (χ0) is 13.1. The number of rotatable bonds is 3. The number of benzene rings is 2. The number of carboxylic acid groups (broad SMARTS) is 2. The van der Waals surface area contributed by atoms with Crippen molar-refractivity contribution in [2.24, 2.45) is 0 Å². The van der Waals surface area contributed by atoms with E-state index in [1.54, 1.807) is 30.3 Å². The van der Waals surface area contributed by atoms with E-state index in [9.17, 15) is 9.59 Å². The lowest BCUT2D eigenvalue weighted by Gasteiger charge is -2.05. The first-order valence-electron chi connectivity index (χ1n) is 5.16. The second kappa shape index (κ2) is 4.71. The Morgan fingerprint density at radius 3 is 2.00 bits per heavy atom. The maximum Gasteiger partial charge on any atom is 0.336 e. The van der Waals surface area contributed by atoms with Crippen LogP contribution in [0.1, 0.15) is 20.7 Å². The predicted octanol–water partition coefficient (Wildman–Crippen LogP) is 2.55. The van der Waals surface area contributed by atoms with Gasteiger partial charge in [0.2, 0.25) is 0 Å². The molecule has 0 heterocycles. The Hall–Kier alpha value is -2.62. The highest BCUT2D eigenvalue weighted by atomic mass is 16.4. The Balaban J connectivity index is 2.57. The minimum atomic E-state index is -1.25. The monoisotopic (exact) mass is 241 g/mol. The molecule has 4 nitrogen and oxygen atoms in total. The molecule has 0 aliphatic carbocycles. The molecule has 89 valence electrons. The second-order valence-corrected chi connectivity index (χ2v) is 3.66. The minimum absolute atomic E-state index is 0.214. The lowest BCUT2D eigenvalue weighted by molar-refractivity contribution is 0.0651. The molecule has 0 aliphatic heterocycles. The third kappa shape index (κ3) is 2.22. The summed E-state index contributed by atoms with van der Waals surface area (Å²) in [5.74, 6) is -2.50. The Kier molecular flexibility index (Phi) is 3.10. The van der Waals surface area contributed by atoms with Gasteiger partial charge in [-0.3, -0.25) is 0 Å². The van der Waals surface area contributed by atoms with E-state index >= 15 is 0 Å². The summed E-state index contributed by atoms with van der Waals surface area (Å²) in [7, 11) is 0. The average molecular weight is 241 g/mol. The van der Waals surface area contributed by atoms with Crippen molar-refractivity contribution >= 4 is 11.9 Å². The maximum atomic E-state index is 11.0. The third-order valence-corrected chi connectivity index (χ3v) is 2.53. The van der Waals surface area contributed by atoms with Gasteiger partial charge in [0.15, 0.2) is 0 Å². The quantitative estimate of drug-likeness (QED) is 0.865. The largest absolute Gasteiger partial charge is 0.478 e. The van der Waals surface area contributed by atoms with Crippen LogP contribution in [0.2, 0.25) is 0 Å². The highest BCUT2D eigenvalue weighted by Crippen LogP contribution is 2.22. The molecular formula is C14H9O4. The van der Waals surface area contributed by atoms with Crippen molar-refractivity contribution in [3.63, 3.8) is 0 Å². The van der Waals surface area contributed by atoms with Crippen LogP contribution >= 0.6 is 0 Å². The highest BCUT2D eigenvalue weighted by Gasteiger charge is 2.16. The molecular weight excluding hydrogens is 232 g/mol. The van der Waals surface area contributed by atoms with Gasteiger partial charge in [-0.15, -0.1) is 0 Å². The summed E-state index contributed by atoms with van der Waals surface area (Å²) in [5.41, 5.74) is 1.04. The van der Waals surface area contributed by atoms with Crippen LogP contribution in [-0.4, -0.2) is 22.2 Å². The molecule has 0 unspecified atom stereocenters. The molecule has 0 fully saturated rings. The van der Waals surface area contributed by atoms with E-state index in [0.29, 0.717) is 5.56 Å². The second-order valence-electron chi connectivity index (χ2n) is 3.66. The van der Waals surface area contributed by atoms with Crippen LogP contribution in [0.15, 0.2) is 42.5 Å². The molecule has 0 saturated heterocycles. The van der Waals surface area contributed by atoms with Gasteiger partial charge >= 0.3 is 11.9 Å². The molecule has 4 heteroatoms. The number of hydrogen-bond acceptors (Lipinski definition) is 2. The van der Waals surface area contributed by atoms with E-state index in [4.69, 9.17) is 10.2 Å². The van der Waals surface area contributed by atoms with Crippen molar-refractivity contribution in [2.45, 2.75) is 0 Å². The smallest absolute Gasteiger partial charge is 0.336 e. The molecule has 0 aliphatic rings. The molecule has 0 aromatic heterocycles. The SMILES string of the molecule is O=C(O)c1ccc(-c2cc[c]cc2)cc1C(=O)O. The summed E-state index contributed by atoms with van der Waals surface area (Å²) in [5, 5.41) is 17.9. The van der Waals surface area contributed by atoms with Gasteiger partial charge in [0, 0.05) is 0 Å². The summed E-state index contributed by atoms with van der Waals surface area (Å²) in [6, 6.07) is 14.1. The Morgan fingerprint density at radius 2 is 1.44 bits per heavy atom. The van der Waals surface area contributed by atoms with Gasteiger partial charge in [-0.1, -0.05) is 30.3 Å². The van der Waals surface area contributed by atoms with Crippen LogP contribution in [0.3, 0.4) is 0 Å². The van der Waals surface area contributed by atoms with Gasteiger partial charge < -0.3 is 10.2 Å². The Bertz CT molecular complexity index is 602. The van der Waals surface area contributed by atoms with Crippen molar-refractivity contribution in [2.75, 3.05) is 0 Å². The molecule has 2 rings (SSSR count). The molecule has 1 radical (unpaired) electrons. The van der Waals surface area contributed by atoms with Gasteiger partial charge in [0.25, 0.3) is 0 Å². The van der Waals surface area contributed by atoms with Crippen LogP contribution in [0.5, 0.6) is 0 Å². The summed E-state index contributed by atoms with van der Waals surface area (Å²) >= 11 is 0. The van der Waals surface area contributed by atoms with Crippen LogP contribution in [0, 0.1) is 6.07 Å². The fourth-order valence-corrected chi connectivity index (χ4v) is 1.67. The first-order chi connectivity index (χ1) is 8.59. The zero-order valence-corrected chi connectivity index (χ0v) is 9.25. The summed E-state index contributed by atoms with van der Waals surface area (Å²) in [6.45, 7) is 0. The number of hydrogen-bond donors (Lipinski definition) is 2. The standard InChI is InChI=1S/C14H9O4/c15-13(16)11-7-6-10(8-12(11)14(17)18)9-4-2-1-3-5-9/h2-8H,(H,15,16)(H,17,18). The normalized spacial score (nSPS) is 10.0. The van der Waals surface area contributed by atoms with E-state index in [1.807, 2.05) is 0 Å². The number of aromatic carboxylic acids is 2. The molecule has 2 aromatic rings. The first kappa shape index (κ1) is 11.9. The van der Waals surface area contributed by atoms with E-state index in [-0.39, 0.29) is 11.1 Å². The maximum absolute atomic E-state index is 11.0. The number of carboxylic acids is 2. The van der Waals surface area contributed by atoms with Gasteiger partial charge in [-0.25, -0.2) is 9.59 Å². The fourth-order valence-electron chi connectivity index (χ4n) is 1.67. The average Bonchev–Trinajstić information content (AvgIpc) is 2.39. The van der Waals surface area contributed by atoms with Crippen LogP contribution in [-0.2, 0) is 0 Å². The molecule has 2 aromatic carbocycles. The third-order valence-electron chi connectivity index (χ3n) is 2.53. The van der Waals surface area contributed by atoms with Crippen molar-refractivity contribution < 1.29 is 19.8 Å². The van der Waals surface area contributed by atoms with Gasteiger partial charge in [0.1, 0.15) is 0 Å². The summed E-state index contributed by atoms with van der Waals surface area (Å²) < 4.78 is 0. The predicted molar refractivity (Wildman–Crippen MR) is 64.6 cm³/mol. The van der Waals surface area contributed by atoms with Crippen molar-refractivity contribution in [1.29, 1.82) is 0 Å². The topological polar surface area (TPSA) is 74.6 Å². The lowest BCUT2D eigenvalue weighted by Crippen LogP contribution is -2.07. The molecule has 0 bridgehead atoms.